The van der Waals surface area contributed by atoms with Crippen molar-refractivity contribution in [2.24, 2.45) is 0 Å². The van der Waals surface area contributed by atoms with E-state index in [0.717, 1.165) is 24.4 Å². The van der Waals surface area contributed by atoms with E-state index in [2.05, 4.69) is 22.1 Å². The Bertz CT molecular complexity index is 719. The topological polar surface area (TPSA) is 62.2 Å². The fraction of sp³-hybridized carbons (Fsp3) is 0.0667. The SMILES string of the molecule is O=C(Nc1ccc(F)cn1)c1ccc(F)cc1C#CCO. The van der Waals surface area contributed by atoms with Crippen LogP contribution in [0.3, 0.4) is 0 Å². The molecule has 0 fully saturated rings. The molecule has 106 valence electrons. The quantitative estimate of drug-likeness (QED) is 0.830. The van der Waals surface area contributed by atoms with E-state index < -0.39 is 24.1 Å². The van der Waals surface area contributed by atoms with Gasteiger partial charge in [-0.25, -0.2) is 13.8 Å². The molecule has 0 bridgehead atoms. The van der Waals surface area contributed by atoms with Gasteiger partial charge in [0.1, 0.15) is 24.1 Å². The second-order valence-corrected chi connectivity index (χ2v) is 3.97. The van der Waals surface area contributed by atoms with Crippen molar-refractivity contribution in [3.8, 4) is 11.8 Å². The van der Waals surface area contributed by atoms with Crippen molar-refractivity contribution in [3.63, 3.8) is 0 Å². The van der Waals surface area contributed by atoms with E-state index in [1.54, 1.807) is 0 Å². The smallest absolute Gasteiger partial charge is 0.258 e. The Morgan fingerprint density at radius 3 is 2.67 bits per heavy atom. The summed E-state index contributed by atoms with van der Waals surface area (Å²) in [4.78, 5) is 15.8. The summed E-state index contributed by atoms with van der Waals surface area (Å²) >= 11 is 0. The third-order valence-electron chi connectivity index (χ3n) is 2.50. The summed E-state index contributed by atoms with van der Waals surface area (Å²) < 4.78 is 25.9. The number of nitrogens with zero attached hydrogens (tertiary/aromatic N) is 1. The summed E-state index contributed by atoms with van der Waals surface area (Å²) in [6.45, 7) is -0.406. The summed E-state index contributed by atoms with van der Waals surface area (Å²) in [6.07, 6.45) is 0.965. The van der Waals surface area contributed by atoms with Crippen molar-refractivity contribution in [2.45, 2.75) is 0 Å². The van der Waals surface area contributed by atoms with Gasteiger partial charge >= 0.3 is 0 Å². The first kappa shape index (κ1) is 14.6. The first-order valence-electron chi connectivity index (χ1n) is 5.92. The molecule has 0 spiro atoms. The molecule has 1 heterocycles. The van der Waals surface area contributed by atoms with E-state index in [4.69, 9.17) is 5.11 Å². The second kappa shape index (κ2) is 6.59. The highest BCUT2D eigenvalue weighted by Gasteiger charge is 2.12. The molecule has 0 atom stereocenters. The zero-order valence-corrected chi connectivity index (χ0v) is 10.7. The molecule has 0 saturated carbocycles. The molecule has 2 rings (SSSR count). The van der Waals surface area contributed by atoms with Gasteiger partial charge in [-0.05, 0) is 30.3 Å². The van der Waals surface area contributed by atoms with E-state index in [1.807, 2.05) is 0 Å². The maximum Gasteiger partial charge on any atom is 0.258 e. The minimum absolute atomic E-state index is 0.128. The minimum Gasteiger partial charge on any atom is -0.384 e. The number of aliphatic hydroxyl groups excluding tert-OH is 1. The first-order valence-corrected chi connectivity index (χ1v) is 5.92. The molecule has 0 radical (unpaired) electrons. The van der Waals surface area contributed by atoms with Gasteiger partial charge < -0.3 is 10.4 Å². The van der Waals surface area contributed by atoms with E-state index in [9.17, 15) is 13.6 Å². The normalized spacial score (nSPS) is 9.67. The molecule has 0 aliphatic carbocycles. The van der Waals surface area contributed by atoms with E-state index in [0.29, 0.717) is 0 Å². The summed E-state index contributed by atoms with van der Waals surface area (Å²) in [5.41, 5.74) is 0.270. The van der Waals surface area contributed by atoms with Crippen molar-refractivity contribution in [3.05, 3.63) is 59.3 Å². The fourth-order valence-corrected chi connectivity index (χ4v) is 1.59. The maximum atomic E-state index is 13.2. The van der Waals surface area contributed by atoms with Crippen LogP contribution in [-0.4, -0.2) is 22.6 Å². The lowest BCUT2D eigenvalue weighted by Gasteiger charge is -2.06. The predicted molar refractivity (Wildman–Crippen MR) is 72.5 cm³/mol. The molecule has 0 saturated heterocycles. The van der Waals surface area contributed by atoms with Gasteiger partial charge in [-0.15, -0.1) is 0 Å². The number of hydrogen-bond donors (Lipinski definition) is 2. The first-order chi connectivity index (χ1) is 10.1. The van der Waals surface area contributed by atoms with Crippen molar-refractivity contribution < 1.29 is 18.7 Å². The lowest BCUT2D eigenvalue weighted by molar-refractivity contribution is 0.102. The van der Waals surface area contributed by atoms with Gasteiger partial charge in [-0.3, -0.25) is 4.79 Å². The van der Waals surface area contributed by atoms with Gasteiger partial charge in [0.2, 0.25) is 0 Å². The lowest BCUT2D eigenvalue weighted by atomic mass is 10.1. The Labute approximate surface area is 119 Å². The molecule has 1 amide bonds. The fourth-order valence-electron chi connectivity index (χ4n) is 1.59. The van der Waals surface area contributed by atoms with Crippen LogP contribution < -0.4 is 5.32 Å². The Morgan fingerprint density at radius 1 is 1.24 bits per heavy atom. The number of amides is 1. The number of anilines is 1. The number of halogens is 2. The maximum absolute atomic E-state index is 13.2. The van der Waals surface area contributed by atoms with E-state index in [1.165, 1.54) is 12.1 Å². The van der Waals surface area contributed by atoms with Gasteiger partial charge in [0.05, 0.1) is 11.8 Å². The number of carbonyl (C=O) groups is 1. The number of aromatic nitrogens is 1. The third-order valence-corrected chi connectivity index (χ3v) is 2.50. The number of nitrogens with one attached hydrogen (secondary N) is 1. The van der Waals surface area contributed by atoms with E-state index in [-0.39, 0.29) is 16.9 Å². The van der Waals surface area contributed by atoms with Crippen LogP contribution in [0.1, 0.15) is 15.9 Å². The van der Waals surface area contributed by atoms with Gasteiger partial charge in [0.25, 0.3) is 5.91 Å². The highest BCUT2D eigenvalue weighted by molar-refractivity contribution is 6.05. The Hall–Kier alpha value is -2.78. The molecular weight excluding hydrogens is 278 g/mol. The molecule has 2 N–H and O–H groups in total. The molecule has 21 heavy (non-hydrogen) atoms. The molecule has 0 unspecified atom stereocenters. The van der Waals surface area contributed by atoms with Crippen molar-refractivity contribution in [1.82, 2.24) is 4.98 Å². The number of pyridine rings is 1. The highest BCUT2D eigenvalue weighted by Crippen LogP contribution is 2.13. The summed E-state index contributed by atoms with van der Waals surface area (Å²) in [5.74, 6) is 3.38. The summed E-state index contributed by atoms with van der Waals surface area (Å²) in [6, 6.07) is 5.94. The monoisotopic (exact) mass is 288 g/mol. The molecule has 1 aromatic heterocycles. The number of hydrogen-bond acceptors (Lipinski definition) is 3. The van der Waals surface area contributed by atoms with Crippen LogP contribution in [0.15, 0.2) is 36.5 Å². The average molecular weight is 288 g/mol. The van der Waals surface area contributed by atoms with Crippen LogP contribution in [0.25, 0.3) is 0 Å². The standard InChI is InChI=1S/C15H10F2N2O2/c16-11-3-5-13(10(8-11)2-1-7-20)15(21)19-14-6-4-12(17)9-18-14/h3-6,8-9,20H,7H2,(H,18,19,21). The minimum atomic E-state index is -0.559. The molecule has 0 aliphatic rings. The van der Waals surface area contributed by atoms with Crippen molar-refractivity contribution >= 4 is 11.7 Å². The molecule has 0 aliphatic heterocycles. The van der Waals surface area contributed by atoms with Crippen LogP contribution in [0.4, 0.5) is 14.6 Å². The summed E-state index contributed by atoms with van der Waals surface area (Å²) in [7, 11) is 0. The van der Waals surface area contributed by atoms with Crippen LogP contribution in [0.2, 0.25) is 0 Å². The van der Waals surface area contributed by atoms with Gasteiger partial charge in [0, 0.05) is 5.56 Å². The molecule has 6 heteroatoms. The molecule has 1 aromatic carbocycles. The number of benzene rings is 1. The zero-order valence-electron chi connectivity index (χ0n) is 10.7. The lowest BCUT2D eigenvalue weighted by Crippen LogP contribution is -2.14. The largest absolute Gasteiger partial charge is 0.384 e. The predicted octanol–water partition coefficient (Wildman–Crippen LogP) is 1.96. The Kier molecular flexibility index (Phi) is 4.59. The number of rotatable bonds is 2. The average Bonchev–Trinajstić information content (AvgIpc) is 2.47. The third kappa shape index (κ3) is 3.84. The highest BCUT2D eigenvalue weighted by atomic mass is 19.1. The number of carbonyl (C=O) groups excluding carboxylic acids is 1. The van der Waals surface area contributed by atoms with Crippen LogP contribution in [0, 0.1) is 23.5 Å². The Morgan fingerprint density at radius 2 is 2.00 bits per heavy atom. The van der Waals surface area contributed by atoms with Crippen molar-refractivity contribution in [2.75, 3.05) is 11.9 Å². The summed E-state index contributed by atoms with van der Waals surface area (Å²) in [5, 5.41) is 11.1. The van der Waals surface area contributed by atoms with Gasteiger partial charge in [-0.2, -0.15) is 0 Å². The zero-order chi connectivity index (χ0) is 15.2. The Balaban J connectivity index is 2.28. The molecular formula is C15H10F2N2O2. The van der Waals surface area contributed by atoms with Gasteiger partial charge in [-0.1, -0.05) is 11.8 Å². The molecule has 4 nitrogen and oxygen atoms in total. The molecule has 2 aromatic rings. The van der Waals surface area contributed by atoms with Gasteiger partial charge in [0.15, 0.2) is 0 Å². The van der Waals surface area contributed by atoms with Crippen LogP contribution >= 0.6 is 0 Å². The van der Waals surface area contributed by atoms with Crippen molar-refractivity contribution in [1.29, 1.82) is 0 Å². The van der Waals surface area contributed by atoms with Crippen LogP contribution in [-0.2, 0) is 0 Å². The second-order valence-electron chi connectivity index (χ2n) is 3.97. The van der Waals surface area contributed by atoms with Crippen LogP contribution in [0.5, 0.6) is 0 Å². The van der Waals surface area contributed by atoms with E-state index >= 15 is 0 Å². The number of aliphatic hydroxyl groups is 1.